The van der Waals surface area contributed by atoms with Crippen LogP contribution in [-0.4, -0.2) is 20.5 Å². The number of nitrogens with zero attached hydrogens (tertiary/aromatic N) is 1. The molecule has 0 saturated carbocycles. The zero-order chi connectivity index (χ0) is 25.8. The van der Waals surface area contributed by atoms with Crippen LogP contribution in [-0.2, 0) is 22.5 Å². The van der Waals surface area contributed by atoms with E-state index in [9.17, 15) is 10.2 Å². The molecule has 5 rings (SSSR count). The van der Waals surface area contributed by atoms with Crippen LogP contribution in [0.25, 0.3) is 21.5 Å². The summed E-state index contributed by atoms with van der Waals surface area (Å²) in [6.45, 7) is 3.03. The highest BCUT2D eigenvalue weighted by Gasteiger charge is 2.09. The van der Waals surface area contributed by atoms with E-state index in [2.05, 4.69) is 20.0 Å². The van der Waals surface area contributed by atoms with Gasteiger partial charge in [-0.15, -0.1) is 4.33 Å². The van der Waals surface area contributed by atoms with Crippen molar-refractivity contribution in [1.82, 2.24) is 4.98 Å². The van der Waals surface area contributed by atoms with E-state index in [4.69, 9.17) is 10.2 Å². The third-order valence-electron chi connectivity index (χ3n) is 6.06. The average Bonchev–Trinajstić information content (AvgIpc) is 2.92. The monoisotopic (exact) mass is 515 g/mol. The summed E-state index contributed by atoms with van der Waals surface area (Å²) in [6.07, 6.45) is 0. The molecule has 5 aromatic rings. The molecular formula is C28H25N3O5S. The van der Waals surface area contributed by atoms with Crippen LogP contribution in [0.3, 0.4) is 0 Å². The second kappa shape index (κ2) is 10.9. The highest BCUT2D eigenvalue weighted by Crippen LogP contribution is 2.35. The molecule has 9 heteroatoms. The molecule has 0 bridgehead atoms. The minimum atomic E-state index is 0.135. The van der Waals surface area contributed by atoms with Crippen molar-refractivity contribution in [2.24, 2.45) is 0 Å². The molecule has 0 fully saturated rings. The second-order valence-corrected chi connectivity index (χ2v) is 9.35. The van der Waals surface area contributed by atoms with E-state index in [-0.39, 0.29) is 11.5 Å². The van der Waals surface area contributed by atoms with Gasteiger partial charge in [0.05, 0.1) is 36.5 Å². The number of fused-ring (bicyclic) bond motifs is 2. The first-order chi connectivity index (χ1) is 18.0. The number of aromatic nitrogens is 1. The number of aromatic hydroxyl groups is 2. The SMILES string of the molecule is Cc1ccc2c(NCc3cccc(CNc4ccc(O)c5cc(SOOO)ccc45)n3)ccc(O)c2c1. The minimum absolute atomic E-state index is 0.135. The van der Waals surface area contributed by atoms with Crippen LogP contribution in [0.1, 0.15) is 17.0 Å². The van der Waals surface area contributed by atoms with Gasteiger partial charge < -0.3 is 20.8 Å². The van der Waals surface area contributed by atoms with Gasteiger partial charge in [0.2, 0.25) is 0 Å². The third-order valence-corrected chi connectivity index (χ3v) is 6.63. The molecule has 4 aromatic carbocycles. The summed E-state index contributed by atoms with van der Waals surface area (Å²) >= 11 is 0.834. The molecule has 1 aromatic heterocycles. The van der Waals surface area contributed by atoms with E-state index in [1.54, 1.807) is 24.3 Å². The number of anilines is 2. The number of hydrogen-bond acceptors (Lipinski definition) is 9. The first-order valence-electron chi connectivity index (χ1n) is 11.6. The zero-order valence-corrected chi connectivity index (χ0v) is 20.7. The normalized spacial score (nSPS) is 11.2. The maximum Gasteiger partial charge on any atom is 0.123 e. The van der Waals surface area contributed by atoms with E-state index < -0.39 is 0 Å². The van der Waals surface area contributed by atoms with Crippen LogP contribution in [0.2, 0.25) is 0 Å². The van der Waals surface area contributed by atoms with Crippen molar-refractivity contribution in [3.05, 3.63) is 95.8 Å². The fourth-order valence-corrected chi connectivity index (χ4v) is 4.67. The fraction of sp³-hybridized carbons (Fsp3) is 0.107. The Balaban J connectivity index is 1.29. The third kappa shape index (κ3) is 5.55. The van der Waals surface area contributed by atoms with Crippen molar-refractivity contribution < 1.29 is 24.8 Å². The quantitative estimate of drug-likeness (QED) is 0.0628. The number of benzene rings is 4. The van der Waals surface area contributed by atoms with Gasteiger partial charge in [0.25, 0.3) is 0 Å². The Bertz CT molecular complexity index is 1580. The summed E-state index contributed by atoms with van der Waals surface area (Å²) in [6, 6.07) is 24.3. The van der Waals surface area contributed by atoms with E-state index in [0.717, 1.165) is 56.5 Å². The van der Waals surface area contributed by atoms with Crippen LogP contribution in [0.5, 0.6) is 11.5 Å². The molecule has 0 atom stereocenters. The summed E-state index contributed by atoms with van der Waals surface area (Å²) in [5.74, 6) is 0.399. The van der Waals surface area contributed by atoms with Crippen LogP contribution >= 0.6 is 12.0 Å². The van der Waals surface area contributed by atoms with Crippen molar-refractivity contribution >= 4 is 45.0 Å². The number of hydrogen-bond donors (Lipinski definition) is 5. The highest BCUT2D eigenvalue weighted by atomic mass is 32.2. The molecule has 0 aliphatic rings. The second-order valence-electron chi connectivity index (χ2n) is 8.57. The molecule has 0 saturated heterocycles. The molecule has 188 valence electrons. The van der Waals surface area contributed by atoms with E-state index >= 15 is 0 Å². The molecule has 0 unspecified atom stereocenters. The number of phenolic OH excluding ortho intramolecular Hbond substituents is 2. The number of rotatable bonds is 9. The number of pyridine rings is 1. The predicted molar refractivity (Wildman–Crippen MR) is 146 cm³/mol. The Labute approximate surface area is 217 Å². The molecule has 8 nitrogen and oxygen atoms in total. The lowest BCUT2D eigenvalue weighted by atomic mass is 10.0. The lowest BCUT2D eigenvalue weighted by Gasteiger charge is -2.13. The van der Waals surface area contributed by atoms with E-state index in [1.807, 2.05) is 61.5 Å². The molecule has 0 spiro atoms. The predicted octanol–water partition coefficient (Wildman–Crippen LogP) is 6.76. The van der Waals surface area contributed by atoms with Gasteiger partial charge in [0.15, 0.2) is 0 Å². The Morgan fingerprint density at radius 1 is 0.730 bits per heavy atom. The standard InChI is InChI=1S/C28H25N3O5S/c1-17-5-7-21-23(13-17)27(32)11-9-25(21)29-15-18-3-2-4-19(31-18)16-30-26-10-12-28(33)24-14-20(37-36-35-34)6-8-22(24)26/h2-14,29-30,32-34H,15-16H2,1H3. The van der Waals surface area contributed by atoms with Gasteiger partial charge in [-0.05, 0) is 61.5 Å². The molecule has 1 heterocycles. The lowest BCUT2D eigenvalue weighted by molar-refractivity contribution is -0.432. The average molecular weight is 516 g/mol. The topological polar surface area (TPSA) is 116 Å². The number of nitrogens with one attached hydrogen (secondary N) is 2. The van der Waals surface area contributed by atoms with Crippen molar-refractivity contribution in [3.63, 3.8) is 0 Å². The Morgan fingerprint density at radius 3 is 1.95 bits per heavy atom. The van der Waals surface area contributed by atoms with Crippen molar-refractivity contribution in [3.8, 4) is 11.5 Å². The smallest absolute Gasteiger partial charge is 0.123 e. The van der Waals surface area contributed by atoms with Gasteiger partial charge in [-0.2, -0.15) is 0 Å². The van der Waals surface area contributed by atoms with E-state index in [0.29, 0.717) is 23.4 Å². The van der Waals surface area contributed by atoms with Crippen LogP contribution in [0, 0.1) is 6.92 Å². The summed E-state index contributed by atoms with van der Waals surface area (Å²) in [5.41, 5.74) is 4.62. The molecule has 5 N–H and O–H groups in total. The highest BCUT2D eigenvalue weighted by molar-refractivity contribution is 7.94. The first kappa shape index (κ1) is 24.7. The zero-order valence-electron chi connectivity index (χ0n) is 19.9. The fourth-order valence-electron chi connectivity index (χ4n) is 4.27. The van der Waals surface area contributed by atoms with Crippen molar-refractivity contribution in [2.45, 2.75) is 24.9 Å². The molecule has 0 radical (unpaired) electrons. The largest absolute Gasteiger partial charge is 0.507 e. The summed E-state index contributed by atoms with van der Waals surface area (Å²) in [4.78, 5) is 5.44. The molecule has 37 heavy (non-hydrogen) atoms. The molecule has 0 amide bonds. The van der Waals surface area contributed by atoms with Crippen LogP contribution in [0.15, 0.2) is 83.8 Å². The van der Waals surface area contributed by atoms with Gasteiger partial charge >= 0.3 is 0 Å². The maximum absolute atomic E-state index is 10.3. The maximum atomic E-state index is 10.3. The van der Waals surface area contributed by atoms with Crippen molar-refractivity contribution in [2.75, 3.05) is 10.6 Å². The van der Waals surface area contributed by atoms with Gasteiger partial charge in [0.1, 0.15) is 11.5 Å². The number of phenols is 2. The minimum Gasteiger partial charge on any atom is -0.507 e. The van der Waals surface area contributed by atoms with Crippen LogP contribution in [0.4, 0.5) is 11.4 Å². The van der Waals surface area contributed by atoms with Gasteiger partial charge in [-0.1, -0.05) is 34.9 Å². The van der Waals surface area contributed by atoms with Crippen LogP contribution < -0.4 is 10.6 Å². The van der Waals surface area contributed by atoms with Gasteiger partial charge in [-0.25, -0.2) is 5.26 Å². The Morgan fingerprint density at radius 2 is 1.32 bits per heavy atom. The first-order valence-corrected chi connectivity index (χ1v) is 12.3. The summed E-state index contributed by atoms with van der Waals surface area (Å²) < 4.78 is 4.48. The van der Waals surface area contributed by atoms with E-state index in [1.165, 1.54) is 0 Å². The summed E-state index contributed by atoms with van der Waals surface area (Å²) in [5, 5.41) is 42.7. The summed E-state index contributed by atoms with van der Waals surface area (Å²) in [7, 11) is 0. The number of aryl methyl sites for hydroxylation is 1. The lowest BCUT2D eigenvalue weighted by Crippen LogP contribution is -2.07. The molecule has 0 aliphatic heterocycles. The molecular weight excluding hydrogens is 490 g/mol. The Kier molecular flexibility index (Phi) is 7.29. The van der Waals surface area contributed by atoms with Crippen molar-refractivity contribution in [1.29, 1.82) is 0 Å². The Hall–Kier alpha value is -4.02. The van der Waals surface area contributed by atoms with Gasteiger partial charge in [0, 0.05) is 37.8 Å². The molecule has 0 aliphatic carbocycles. The van der Waals surface area contributed by atoms with Gasteiger partial charge in [-0.3, -0.25) is 4.98 Å².